The zero-order valence-corrected chi connectivity index (χ0v) is 6.64. The molecule has 0 radical (unpaired) electrons. The van der Waals surface area contributed by atoms with Crippen LogP contribution in [0.1, 0.15) is 5.56 Å². The summed E-state index contributed by atoms with van der Waals surface area (Å²) in [6.07, 6.45) is 2.20. The predicted octanol–water partition coefficient (Wildman–Crippen LogP) is 1.20. The van der Waals surface area contributed by atoms with E-state index in [1.165, 1.54) is 18.2 Å². The maximum absolute atomic E-state index is 10.1. The van der Waals surface area contributed by atoms with Crippen molar-refractivity contribution in [1.82, 2.24) is 0 Å². The van der Waals surface area contributed by atoms with Crippen molar-refractivity contribution in [2.45, 2.75) is 0 Å². The first-order chi connectivity index (χ1) is 6.08. The summed E-state index contributed by atoms with van der Waals surface area (Å²) in [5, 5.41) is 26.3. The zero-order chi connectivity index (χ0) is 9.84. The molecule has 0 saturated carbocycles. The Balaban J connectivity index is 2.95. The lowest BCUT2D eigenvalue weighted by atomic mass is 10.2. The van der Waals surface area contributed by atoms with Gasteiger partial charge < -0.3 is 15.3 Å². The highest BCUT2D eigenvalue weighted by molar-refractivity contribution is 5.85. The van der Waals surface area contributed by atoms with E-state index in [1.807, 2.05) is 0 Å². The van der Waals surface area contributed by atoms with E-state index in [0.717, 1.165) is 12.1 Å². The van der Waals surface area contributed by atoms with E-state index < -0.39 is 5.97 Å². The van der Waals surface area contributed by atoms with Gasteiger partial charge in [0.05, 0.1) is 0 Å². The van der Waals surface area contributed by atoms with Crippen LogP contribution in [0.3, 0.4) is 0 Å². The van der Waals surface area contributed by atoms with E-state index in [0.29, 0.717) is 5.56 Å². The van der Waals surface area contributed by atoms with Crippen LogP contribution in [0.25, 0.3) is 6.08 Å². The number of benzene rings is 1. The molecule has 0 bridgehead atoms. The van der Waals surface area contributed by atoms with Crippen molar-refractivity contribution in [2.75, 3.05) is 0 Å². The standard InChI is InChI=1S/C9H8O4/c10-7-3-6(1-2-9(12)13)4-8(11)5-7/h1-5,10-11H,(H,12,13)/b2-1-. The lowest BCUT2D eigenvalue weighted by molar-refractivity contribution is -0.131. The molecule has 3 N–H and O–H groups in total. The molecule has 0 aromatic heterocycles. The number of rotatable bonds is 2. The number of carboxylic acid groups (broad SMARTS) is 1. The van der Waals surface area contributed by atoms with E-state index in [-0.39, 0.29) is 11.5 Å². The van der Waals surface area contributed by atoms with Crippen molar-refractivity contribution >= 4 is 12.0 Å². The van der Waals surface area contributed by atoms with Crippen LogP contribution in [-0.4, -0.2) is 21.3 Å². The fraction of sp³-hybridized carbons (Fsp3) is 0. The molecule has 0 atom stereocenters. The molecule has 0 aliphatic carbocycles. The summed E-state index contributed by atoms with van der Waals surface area (Å²) in [5.74, 6) is -1.29. The summed E-state index contributed by atoms with van der Waals surface area (Å²) in [5.41, 5.74) is 0.430. The van der Waals surface area contributed by atoms with Gasteiger partial charge in [-0.1, -0.05) is 0 Å². The number of carbonyl (C=O) groups is 1. The van der Waals surface area contributed by atoms with Crippen molar-refractivity contribution in [2.24, 2.45) is 0 Å². The van der Waals surface area contributed by atoms with Crippen LogP contribution in [0, 0.1) is 0 Å². The molecule has 0 fully saturated rings. The lowest BCUT2D eigenvalue weighted by Crippen LogP contribution is -1.85. The minimum atomic E-state index is -1.08. The molecule has 0 heterocycles. The minimum absolute atomic E-state index is 0.106. The van der Waals surface area contributed by atoms with Crippen molar-refractivity contribution in [1.29, 1.82) is 0 Å². The topological polar surface area (TPSA) is 77.8 Å². The lowest BCUT2D eigenvalue weighted by Gasteiger charge is -1.96. The van der Waals surface area contributed by atoms with E-state index in [4.69, 9.17) is 15.3 Å². The van der Waals surface area contributed by atoms with Gasteiger partial charge in [0.2, 0.25) is 0 Å². The van der Waals surface area contributed by atoms with Crippen LogP contribution < -0.4 is 0 Å². The molecular weight excluding hydrogens is 172 g/mol. The summed E-state index contributed by atoms with van der Waals surface area (Å²) in [4.78, 5) is 10.1. The van der Waals surface area contributed by atoms with Gasteiger partial charge in [-0.15, -0.1) is 0 Å². The molecule has 0 aliphatic rings. The van der Waals surface area contributed by atoms with E-state index in [1.54, 1.807) is 0 Å². The van der Waals surface area contributed by atoms with Crippen LogP contribution >= 0.6 is 0 Å². The maximum atomic E-state index is 10.1. The fourth-order valence-corrected chi connectivity index (χ4v) is 0.882. The molecule has 13 heavy (non-hydrogen) atoms. The third-order valence-corrected chi connectivity index (χ3v) is 1.34. The van der Waals surface area contributed by atoms with Gasteiger partial charge in [-0.25, -0.2) is 4.79 Å². The van der Waals surface area contributed by atoms with Gasteiger partial charge in [0.1, 0.15) is 11.5 Å². The first kappa shape index (κ1) is 9.12. The predicted molar refractivity (Wildman–Crippen MR) is 46.4 cm³/mol. The number of aromatic hydroxyl groups is 2. The van der Waals surface area contributed by atoms with Gasteiger partial charge in [-0.2, -0.15) is 0 Å². The van der Waals surface area contributed by atoms with E-state index in [2.05, 4.69) is 0 Å². The third-order valence-electron chi connectivity index (χ3n) is 1.34. The number of hydrogen-bond donors (Lipinski definition) is 3. The SMILES string of the molecule is O=C(O)/C=C\c1cc(O)cc(O)c1. The van der Waals surface area contributed by atoms with Gasteiger partial charge in [0.15, 0.2) is 0 Å². The summed E-state index contributed by atoms with van der Waals surface area (Å²) in [6.45, 7) is 0. The summed E-state index contributed by atoms with van der Waals surface area (Å²) < 4.78 is 0. The van der Waals surface area contributed by atoms with Crippen LogP contribution in [0.4, 0.5) is 0 Å². The molecule has 4 nitrogen and oxygen atoms in total. The van der Waals surface area contributed by atoms with Gasteiger partial charge in [0, 0.05) is 12.1 Å². The maximum Gasteiger partial charge on any atom is 0.328 e. The highest BCUT2D eigenvalue weighted by Crippen LogP contribution is 2.20. The van der Waals surface area contributed by atoms with Crippen LogP contribution in [-0.2, 0) is 4.79 Å². The molecule has 0 unspecified atom stereocenters. The number of hydrogen-bond acceptors (Lipinski definition) is 3. The Morgan fingerprint density at radius 2 is 1.69 bits per heavy atom. The Labute approximate surface area is 74.4 Å². The molecule has 1 aromatic rings. The Morgan fingerprint density at radius 1 is 1.15 bits per heavy atom. The van der Waals surface area contributed by atoms with Gasteiger partial charge in [-0.05, 0) is 23.8 Å². The smallest absolute Gasteiger partial charge is 0.328 e. The molecule has 4 heteroatoms. The molecule has 1 rings (SSSR count). The zero-order valence-electron chi connectivity index (χ0n) is 6.64. The number of carboxylic acids is 1. The monoisotopic (exact) mass is 180 g/mol. The Morgan fingerprint density at radius 3 is 2.15 bits per heavy atom. The number of phenols is 2. The molecule has 0 saturated heterocycles. The van der Waals surface area contributed by atoms with Crippen molar-refractivity contribution in [3.05, 3.63) is 29.8 Å². The largest absolute Gasteiger partial charge is 0.508 e. The number of phenolic OH excluding ortho intramolecular Hbond substituents is 2. The summed E-state index contributed by atoms with van der Waals surface area (Å²) in [7, 11) is 0. The van der Waals surface area contributed by atoms with Crippen molar-refractivity contribution in [3.8, 4) is 11.5 Å². The third kappa shape index (κ3) is 2.86. The second-order valence-corrected chi connectivity index (χ2v) is 2.45. The molecule has 0 aliphatic heterocycles. The molecule has 0 amide bonds. The summed E-state index contributed by atoms with van der Waals surface area (Å²) in [6, 6.07) is 3.86. The average molecular weight is 180 g/mol. The second kappa shape index (κ2) is 3.62. The first-order valence-electron chi connectivity index (χ1n) is 3.52. The van der Waals surface area contributed by atoms with E-state index in [9.17, 15) is 4.79 Å². The quantitative estimate of drug-likeness (QED) is 0.597. The van der Waals surface area contributed by atoms with Crippen molar-refractivity contribution < 1.29 is 20.1 Å². The normalized spacial score (nSPS) is 10.5. The van der Waals surface area contributed by atoms with Crippen LogP contribution in [0.2, 0.25) is 0 Å². The fourth-order valence-electron chi connectivity index (χ4n) is 0.882. The second-order valence-electron chi connectivity index (χ2n) is 2.45. The molecule has 0 spiro atoms. The van der Waals surface area contributed by atoms with Crippen molar-refractivity contribution in [3.63, 3.8) is 0 Å². The highest BCUT2D eigenvalue weighted by Gasteiger charge is 1.96. The molecule has 68 valence electrons. The van der Waals surface area contributed by atoms with Gasteiger partial charge in [-0.3, -0.25) is 0 Å². The van der Waals surface area contributed by atoms with Crippen LogP contribution in [0.5, 0.6) is 11.5 Å². The highest BCUT2D eigenvalue weighted by atomic mass is 16.4. The Kier molecular flexibility index (Phi) is 2.54. The van der Waals surface area contributed by atoms with Gasteiger partial charge >= 0.3 is 5.97 Å². The summed E-state index contributed by atoms with van der Waals surface area (Å²) >= 11 is 0. The van der Waals surface area contributed by atoms with E-state index >= 15 is 0 Å². The first-order valence-corrected chi connectivity index (χ1v) is 3.52. The van der Waals surface area contributed by atoms with Gasteiger partial charge in [0.25, 0.3) is 0 Å². The Bertz CT molecular complexity index is 334. The number of aliphatic carboxylic acids is 1. The Hall–Kier alpha value is -1.97. The molecular formula is C9H8O4. The molecule has 1 aromatic carbocycles. The van der Waals surface area contributed by atoms with Crippen LogP contribution in [0.15, 0.2) is 24.3 Å². The minimum Gasteiger partial charge on any atom is -0.508 e. The average Bonchev–Trinajstić information content (AvgIpc) is 1.99.